The molecule has 3 heterocycles. The summed E-state index contributed by atoms with van der Waals surface area (Å²) in [6.45, 7) is 10.9. The Kier molecular flexibility index (Phi) is 6.13. The highest BCUT2D eigenvalue weighted by molar-refractivity contribution is 5.82. The number of hydrogen-bond acceptors (Lipinski definition) is 5. The van der Waals surface area contributed by atoms with Crippen molar-refractivity contribution >= 4 is 11.9 Å². The van der Waals surface area contributed by atoms with Crippen LogP contribution in [0.4, 0.5) is 0 Å². The predicted octanol–water partition coefficient (Wildman–Crippen LogP) is 1.08. The second-order valence-electron chi connectivity index (χ2n) is 6.79. The number of nitrogens with one attached hydrogen (secondary N) is 1. The van der Waals surface area contributed by atoms with Gasteiger partial charge in [-0.05, 0) is 33.6 Å². The molecule has 0 aromatic carbocycles. The molecule has 0 aliphatic carbocycles. The first-order chi connectivity index (χ1) is 12.6. The van der Waals surface area contributed by atoms with Gasteiger partial charge in [0.05, 0.1) is 12.2 Å². The van der Waals surface area contributed by atoms with Crippen molar-refractivity contribution in [3.8, 4) is 0 Å². The molecule has 1 aromatic rings. The molecule has 0 bridgehead atoms. The smallest absolute Gasteiger partial charge is 0.251 e. The van der Waals surface area contributed by atoms with Crippen molar-refractivity contribution in [3.63, 3.8) is 0 Å². The van der Waals surface area contributed by atoms with Gasteiger partial charge in [-0.1, -0.05) is 5.16 Å². The summed E-state index contributed by atoms with van der Waals surface area (Å²) in [6.07, 6.45) is 1.60. The number of carbonyl (C=O) groups excluding carboxylic acids is 1. The number of guanidine groups is 1. The maximum Gasteiger partial charge on any atom is 0.251 e. The molecule has 1 N–H and O–H groups in total. The first kappa shape index (κ1) is 18.7. The lowest BCUT2D eigenvalue weighted by atomic mass is 10.2. The molecule has 1 atom stereocenters. The number of aliphatic imine (C=N–C) groups is 1. The molecule has 144 valence electrons. The van der Waals surface area contributed by atoms with Gasteiger partial charge < -0.3 is 24.4 Å². The lowest BCUT2D eigenvalue weighted by Gasteiger charge is -2.37. The van der Waals surface area contributed by atoms with Gasteiger partial charge in [-0.3, -0.25) is 4.79 Å². The molecule has 8 nitrogen and oxygen atoms in total. The van der Waals surface area contributed by atoms with E-state index in [1.165, 1.54) is 0 Å². The molecule has 2 fully saturated rings. The van der Waals surface area contributed by atoms with Crippen LogP contribution in [0.3, 0.4) is 0 Å². The highest BCUT2D eigenvalue weighted by Crippen LogP contribution is 2.17. The molecule has 26 heavy (non-hydrogen) atoms. The number of nitrogens with zero attached hydrogens (tertiary/aromatic N) is 4. The van der Waals surface area contributed by atoms with E-state index in [2.05, 4.69) is 22.3 Å². The summed E-state index contributed by atoms with van der Waals surface area (Å²) in [4.78, 5) is 21.4. The average molecular weight is 363 g/mol. The summed E-state index contributed by atoms with van der Waals surface area (Å²) in [5.74, 6) is 1.82. The molecule has 0 radical (unpaired) electrons. The van der Waals surface area contributed by atoms with Crippen molar-refractivity contribution in [2.45, 2.75) is 46.3 Å². The third-order valence-electron chi connectivity index (χ3n) is 5.00. The molecule has 2 aliphatic rings. The molecule has 8 heteroatoms. The second-order valence-corrected chi connectivity index (χ2v) is 6.79. The van der Waals surface area contributed by atoms with Crippen molar-refractivity contribution in [1.82, 2.24) is 20.3 Å². The number of aryl methyl sites for hydroxylation is 2. The van der Waals surface area contributed by atoms with Crippen molar-refractivity contribution in [3.05, 3.63) is 17.0 Å². The predicted molar refractivity (Wildman–Crippen MR) is 97.9 cm³/mol. The minimum atomic E-state index is -0.233. The van der Waals surface area contributed by atoms with Crippen LogP contribution < -0.4 is 5.32 Å². The molecule has 2 saturated heterocycles. The Labute approximate surface area is 154 Å². The summed E-state index contributed by atoms with van der Waals surface area (Å²) in [5.41, 5.74) is 1.92. The Bertz CT molecular complexity index is 624. The van der Waals surface area contributed by atoms with Gasteiger partial charge in [-0.15, -0.1) is 0 Å². The quantitative estimate of drug-likeness (QED) is 0.637. The number of amides is 1. The number of hydrogen-bond donors (Lipinski definition) is 1. The van der Waals surface area contributed by atoms with Crippen LogP contribution in [0, 0.1) is 13.8 Å². The summed E-state index contributed by atoms with van der Waals surface area (Å²) >= 11 is 0. The normalized spacial score (nSPS) is 21.3. The first-order valence-electron chi connectivity index (χ1n) is 9.45. The number of rotatable bonds is 4. The SMILES string of the molecule is CCNC(=NCc1c(C)noc1C)N1CCN(C(=O)C2CCCO2)CC1. The van der Waals surface area contributed by atoms with Gasteiger partial charge in [0.2, 0.25) is 0 Å². The van der Waals surface area contributed by atoms with Gasteiger partial charge >= 0.3 is 0 Å². The third kappa shape index (κ3) is 4.17. The van der Waals surface area contributed by atoms with Gasteiger partial charge in [-0.2, -0.15) is 0 Å². The van der Waals surface area contributed by atoms with Crippen LogP contribution in [-0.4, -0.2) is 72.3 Å². The van der Waals surface area contributed by atoms with Crippen LogP contribution in [0.25, 0.3) is 0 Å². The van der Waals surface area contributed by atoms with E-state index in [1.807, 2.05) is 18.7 Å². The fourth-order valence-corrected chi connectivity index (χ4v) is 3.42. The summed E-state index contributed by atoms with van der Waals surface area (Å²) in [5, 5.41) is 7.34. The van der Waals surface area contributed by atoms with Crippen molar-refractivity contribution in [2.75, 3.05) is 39.3 Å². The fraction of sp³-hybridized carbons (Fsp3) is 0.722. The second kappa shape index (κ2) is 8.53. The van der Waals surface area contributed by atoms with E-state index in [9.17, 15) is 4.79 Å². The molecule has 0 saturated carbocycles. The van der Waals surface area contributed by atoms with Crippen molar-refractivity contribution < 1.29 is 14.1 Å². The fourth-order valence-electron chi connectivity index (χ4n) is 3.42. The number of piperazine rings is 1. The maximum atomic E-state index is 12.5. The zero-order valence-corrected chi connectivity index (χ0v) is 16.0. The highest BCUT2D eigenvalue weighted by Gasteiger charge is 2.30. The number of aromatic nitrogens is 1. The van der Waals surface area contributed by atoms with Gasteiger partial charge in [0.15, 0.2) is 5.96 Å². The molecular weight excluding hydrogens is 334 g/mol. The molecule has 1 aromatic heterocycles. The van der Waals surface area contributed by atoms with Crippen LogP contribution in [-0.2, 0) is 16.1 Å². The molecule has 3 rings (SSSR count). The van der Waals surface area contributed by atoms with E-state index >= 15 is 0 Å². The average Bonchev–Trinajstić information content (AvgIpc) is 3.29. The van der Waals surface area contributed by atoms with Crippen molar-refractivity contribution in [1.29, 1.82) is 0 Å². The topological polar surface area (TPSA) is 83.2 Å². The van der Waals surface area contributed by atoms with Crippen LogP contribution in [0.1, 0.15) is 36.8 Å². The van der Waals surface area contributed by atoms with Gasteiger partial charge in [0, 0.05) is 44.9 Å². The lowest BCUT2D eigenvalue weighted by Crippen LogP contribution is -2.55. The number of ether oxygens (including phenoxy) is 1. The Morgan fingerprint density at radius 2 is 2.00 bits per heavy atom. The van der Waals surface area contributed by atoms with E-state index in [0.29, 0.717) is 26.2 Å². The van der Waals surface area contributed by atoms with E-state index < -0.39 is 0 Å². The Balaban J connectivity index is 1.59. The van der Waals surface area contributed by atoms with Crippen LogP contribution in [0.2, 0.25) is 0 Å². The Morgan fingerprint density at radius 1 is 1.27 bits per heavy atom. The van der Waals surface area contributed by atoms with Crippen LogP contribution in [0.5, 0.6) is 0 Å². The van der Waals surface area contributed by atoms with Gasteiger partial charge in [-0.25, -0.2) is 4.99 Å². The standard InChI is InChI=1S/C18H29N5O3/c1-4-19-18(20-12-15-13(2)21-26-14(15)3)23-9-7-22(8-10-23)17(24)16-6-5-11-25-16/h16H,4-12H2,1-3H3,(H,19,20). The van der Waals surface area contributed by atoms with E-state index in [4.69, 9.17) is 14.3 Å². The summed E-state index contributed by atoms with van der Waals surface area (Å²) in [6, 6.07) is 0. The molecule has 1 amide bonds. The molecule has 0 spiro atoms. The molecular formula is C18H29N5O3. The minimum Gasteiger partial charge on any atom is -0.368 e. The largest absolute Gasteiger partial charge is 0.368 e. The minimum absolute atomic E-state index is 0.139. The first-order valence-corrected chi connectivity index (χ1v) is 9.45. The van der Waals surface area contributed by atoms with Crippen LogP contribution in [0.15, 0.2) is 9.52 Å². The zero-order chi connectivity index (χ0) is 18.5. The Morgan fingerprint density at radius 3 is 2.58 bits per heavy atom. The van der Waals surface area contributed by atoms with Crippen LogP contribution >= 0.6 is 0 Å². The zero-order valence-electron chi connectivity index (χ0n) is 16.0. The van der Waals surface area contributed by atoms with E-state index in [0.717, 1.165) is 55.5 Å². The third-order valence-corrected chi connectivity index (χ3v) is 5.00. The monoisotopic (exact) mass is 363 g/mol. The highest BCUT2D eigenvalue weighted by atomic mass is 16.5. The summed E-state index contributed by atoms with van der Waals surface area (Å²) < 4.78 is 10.7. The van der Waals surface area contributed by atoms with Crippen molar-refractivity contribution in [2.24, 2.45) is 4.99 Å². The Hall–Kier alpha value is -2.09. The molecule has 1 unspecified atom stereocenters. The van der Waals surface area contributed by atoms with Gasteiger partial charge in [0.25, 0.3) is 5.91 Å². The van der Waals surface area contributed by atoms with E-state index in [-0.39, 0.29) is 12.0 Å². The van der Waals surface area contributed by atoms with E-state index in [1.54, 1.807) is 0 Å². The van der Waals surface area contributed by atoms with Gasteiger partial charge in [0.1, 0.15) is 11.9 Å². The maximum absolute atomic E-state index is 12.5. The summed E-state index contributed by atoms with van der Waals surface area (Å²) in [7, 11) is 0. The lowest BCUT2D eigenvalue weighted by molar-refractivity contribution is -0.142. The molecule has 2 aliphatic heterocycles. The number of carbonyl (C=O) groups is 1.